The molecule has 0 aliphatic heterocycles. The number of thiophene rings is 1. The lowest BCUT2D eigenvalue weighted by atomic mass is 10.1. The van der Waals surface area contributed by atoms with E-state index in [2.05, 4.69) is 17.2 Å². The van der Waals surface area contributed by atoms with Gasteiger partial charge < -0.3 is 5.11 Å². The van der Waals surface area contributed by atoms with E-state index in [9.17, 15) is 5.11 Å². The lowest BCUT2D eigenvalue weighted by Crippen LogP contribution is -1.96. The summed E-state index contributed by atoms with van der Waals surface area (Å²) in [6.45, 7) is 2.85. The van der Waals surface area contributed by atoms with E-state index in [0.29, 0.717) is 0 Å². The number of aliphatic hydroxyl groups is 1. The van der Waals surface area contributed by atoms with Gasteiger partial charge in [-0.05, 0) is 24.4 Å². The van der Waals surface area contributed by atoms with Crippen molar-refractivity contribution in [3.05, 3.63) is 53.2 Å². The molecule has 3 rings (SSSR count). The Labute approximate surface area is 109 Å². The molecule has 1 N–H and O–H groups in total. The van der Waals surface area contributed by atoms with Crippen LogP contribution < -0.4 is 0 Å². The van der Waals surface area contributed by atoms with Crippen molar-refractivity contribution in [2.75, 3.05) is 0 Å². The summed E-state index contributed by atoms with van der Waals surface area (Å²) < 4.78 is 3.03. The molecule has 3 aromatic rings. The molecule has 0 spiro atoms. The maximum atomic E-state index is 10.4. The van der Waals surface area contributed by atoms with Crippen LogP contribution >= 0.6 is 11.3 Å². The molecule has 3 nitrogen and oxygen atoms in total. The maximum absolute atomic E-state index is 10.4. The first kappa shape index (κ1) is 11.4. The van der Waals surface area contributed by atoms with E-state index >= 15 is 0 Å². The van der Waals surface area contributed by atoms with Crippen molar-refractivity contribution in [2.24, 2.45) is 0 Å². The Kier molecular flexibility index (Phi) is 2.89. The topological polar surface area (TPSA) is 38.0 Å². The highest BCUT2D eigenvalue weighted by molar-refractivity contribution is 7.19. The number of benzene rings is 1. The number of hydrogen-bond acceptors (Lipinski definition) is 3. The Balaban J connectivity index is 1.98. The maximum Gasteiger partial charge on any atom is 0.116 e. The normalized spacial score (nSPS) is 13.0. The summed E-state index contributed by atoms with van der Waals surface area (Å²) in [4.78, 5) is 0.965. The second-order valence-corrected chi connectivity index (χ2v) is 5.33. The van der Waals surface area contributed by atoms with Gasteiger partial charge in [-0.3, -0.25) is 4.68 Å². The summed E-state index contributed by atoms with van der Waals surface area (Å²) >= 11 is 1.63. The Morgan fingerprint density at radius 1 is 1.39 bits per heavy atom. The summed E-state index contributed by atoms with van der Waals surface area (Å²) in [5, 5.41) is 15.7. The van der Waals surface area contributed by atoms with E-state index in [4.69, 9.17) is 0 Å². The molecule has 0 amide bonds. The van der Waals surface area contributed by atoms with E-state index < -0.39 is 6.10 Å². The third-order valence-electron chi connectivity index (χ3n) is 3.01. The van der Waals surface area contributed by atoms with Crippen LogP contribution in [0.25, 0.3) is 10.1 Å². The highest BCUT2D eigenvalue weighted by Crippen LogP contribution is 2.32. The monoisotopic (exact) mass is 258 g/mol. The molecule has 0 saturated heterocycles. The van der Waals surface area contributed by atoms with Gasteiger partial charge in [0.1, 0.15) is 6.10 Å². The van der Waals surface area contributed by atoms with Gasteiger partial charge in [0.15, 0.2) is 0 Å². The highest BCUT2D eigenvalue weighted by atomic mass is 32.1. The predicted octanol–water partition coefficient (Wildman–Crippen LogP) is 3.20. The van der Waals surface area contributed by atoms with Gasteiger partial charge in [0.2, 0.25) is 0 Å². The third kappa shape index (κ3) is 1.94. The summed E-state index contributed by atoms with van der Waals surface area (Å²) in [5.74, 6) is 0. The van der Waals surface area contributed by atoms with Gasteiger partial charge in [-0.25, -0.2) is 0 Å². The number of hydrogen-bond donors (Lipinski definition) is 1. The number of aryl methyl sites for hydroxylation is 1. The minimum absolute atomic E-state index is 0.581. The van der Waals surface area contributed by atoms with Crippen LogP contribution in [-0.4, -0.2) is 14.9 Å². The van der Waals surface area contributed by atoms with Crippen LogP contribution in [0.5, 0.6) is 0 Å². The van der Waals surface area contributed by atoms with Gasteiger partial charge in [0.25, 0.3) is 0 Å². The van der Waals surface area contributed by atoms with Crippen molar-refractivity contribution in [1.82, 2.24) is 9.78 Å². The van der Waals surface area contributed by atoms with Crippen LogP contribution in [0.1, 0.15) is 23.5 Å². The number of aliphatic hydroxyl groups excluding tert-OH is 1. The van der Waals surface area contributed by atoms with E-state index in [1.807, 2.05) is 36.0 Å². The molecule has 92 valence electrons. The van der Waals surface area contributed by atoms with Crippen molar-refractivity contribution in [3.8, 4) is 0 Å². The zero-order chi connectivity index (χ0) is 12.5. The molecule has 0 aliphatic carbocycles. The molecule has 1 aromatic carbocycles. The van der Waals surface area contributed by atoms with Crippen LogP contribution in [0.3, 0.4) is 0 Å². The summed E-state index contributed by atoms with van der Waals surface area (Å²) in [7, 11) is 0. The fourth-order valence-electron chi connectivity index (χ4n) is 2.00. The average Bonchev–Trinajstić information content (AvgIpc) is 3.04. The van der Waals surface area contributed by atoms with Crippen molar-refractivity contribution in [2.45, 2.75) is 19.6 Å². The number of nitrogens with zero attached hydrogens (tertiary/aromatic N) is 2. The van der Waals surface area contributed by atoms with Gasteiger partial charge >= 0.3 is 0 Å². The molecule has 2 heterocycles. The van der Waals surface area contributed by atoms with Crippen molar-refractivity contribution in [1.29, 1.82) is 0 Å². The van der Waals surface area contributed by atoms with Crippen LogP contribution in [-0.2, 0) is 6.54 Å². The number of rotatable bonds is 3. The Morgan fingerprint density at radius 2 is 2.22 bits per heavy atom. The smallest absolute Gasteiger partial charge is 0.116 e. The molecule has 1 unspecified atom stereocenters. The summed E-state index contributed by atoms with van der Waals surface area (Å²) in [6.07, 6.45) is 3.05. The minimum Gasteiger partial charge on any atom is -0.383 e. The fourth-order valence-corrected chi connectivity index (χ4v) is 3.07. The lowest BCUT2D eigenvalue weighted by Gasteiger charge is -2.04. The molecule has 0 fully saturated rings. The molecular formula is C14H14N2OS. The zero-order valence-corrected chi connectivity index (χ0v) is 10.9. The van der Waals surface area contributed by atoms with Gasteiger partial charge in [-0.1, -0.05) is 18.2 Å². The molecule has 2 aromatic heterocycles. The first-order valence-electron chi connectivity index (χ1n) is 5.97. The predicted molar refractivity (Wildman–Crippen MR) is 73.8 cm³/mol. The lowest BCUT2D eigenvalue weighted by molar-refractivity contribution is 0.224. The van der Waals surface area contributed by atoms with E-state index in [-0.39, 0.29) is 0 Å². The largest absolute Gasteiger partial charge is 0.383 e. The van der Waals surface area contributed by atoms with E-state index in [1.54, 1.807) is 17.5 Å². The van der Waals surface area contributed by atoms with Crippen molar-refractivity contribution >= 4 is 21.4 Å². The molecule has 0 aliphatic rings. The molecule has 0 radical (unpaired) electrons. The second-order valence-electron chi connectivity index (χ2n) is 4.22. The third-order valence-corrected chi connectivity index (χ3v) is 4.18. The SMILES string of the molecule is CCn1cc(C(O)c2cc3ccccc3s2)cn1. The Bertz CT molecular complexity index is 638. The van der Waals surface area contributed by atoms with Gasteiger partial charge in [-0.2, -0.15) is 5.10 Å². The quantitative estimate of drug-likeness (QED) is 0.783. The first-order chi connectivity index (χ1) is 8.78. The van der Waals surface area contributed by atoms with Crippen LogP contribution in [0.2, 0.25) is 0 Å². The zero-order valence-electron chi connectivity index (χ0n) is 10.1. The van der Waals surface area contributed by atoms with Gasteiger partial charge in [0, 0.05) is 27.9 Å². The van der Waals surface area contributed by atoms with E-state index in [0.717, 1.165) is 17.0 Å². The first-order valence-corrected chi connectivity index (χ1v) is 6.78. The average molecular weight is 258 g/mol. The van der Waals surface area contributed by atoms with Crippen molar-refractivity contribution < 1.29 is 5.11 Å². The van der Waals surface area contributed by atoms with Crippen LogP contribution in [0.4, 0.5) is 0 Å². The molecular weight excluding hydrogens is 244 g/mol. The van der Waals surface area contributed by atoms with Gasteiger partial charge in [-0.15, -0.1) is 11.3 Å². The molecule has 18 heavy (non-hydrogen) atoms. The molecule has 0 saturated carbocycles. The molecule has 4 heteroatoms. The minimum atomic E-state index is -0.581. The standard InChI is InChI=1S/C14H14N2OS/c1-2-16-9-11(8-15-16)14(17)13-7-10-5-3-4-6-12(10)18-13/h3-9,14,17H,2H2,1H3. The Morgan fingerprint density at radius 3 is 2.94 bits per heavy atom. The van der Waals surface area contributed by atoms with Crippen LogP contribution in [0.15, 0.2) is 42.7 Å². The fraction of sp³-hybridized carbons (Fsp3) is 0.214. The van der Waals surface area contributed by atoms with Crippen molar-refractivity contribution in [3.63, 3.8) is 0 Å². The van der Waals surface area contributed by atoms with Crippen LogP contribution in [0, 0.1) is 0 Å². The number of fused-ring (bicyclic) bond motifs is 1. The van der Waals surface area contributed by atoms with Gasteiger partial charge in [0.05, 0.1) is 6.20 Å². The summed E-state index contributed by atoms with van der Waals surface area (Å²) in [5.41, 5.74) is 0.850. The second kappa shape index (κ2) is 4.55. The molecule has 1 atom stereocenters. The number of aromatic nitrogens is 2. The highest BCUT2D eigenvalue weighted by Gasteiger charge is 2.15. The molecule has 0 bridgehead atoms. The van der Waals surface area contributed by atoms with E-state index in [1.165, 1.54) is 10.1 Å². The Hall–Kier alpha value is -1.65. The summed E-state index contributed by atoms with van der Waals surface area (Å²) in [6, 6.07) is 10.2.